The summed E-state index contributed by atoms with van der Waals surface area (Å²) in [6, 6.07) is 12.0. The van der Waals surface area contributed by atoms with E-state index in [4.69, 9.17) is 14.9 Å². The molecule has 0 unspecified atom stereocenters. The number of ketones is 1. The van der Waals surface area contributed by atoms with Gasteiger partial charge < -0.3 is 19.8 Å². The Morgan fingerprint density at radius 3 is 1.89 bits per heavy atom. The molecule has 0 heterocycles. The van der Waals surface area contributed by atoms with Gasteiger partial charge in [0.2, 0.25) is 0 Å². The Bertz CT molecular complexity index is 1030. The van der Waals surface area contributed by atoms with E-state index in [1.54, 1.807) is 6.08 Å². The Balaban J connectivity index is 0.000000658. The number of nitrogens with zero attached hydrogens (tertiary/aromatic N) is 1. The molecule has 0 amide bonds. The average molecular weight is 482 g/mol. The maximum Gasteiger partial charge on any atom is 0.328 e. The van der Waals surface area contributed by atoms with E-state index in [2.05, 4.69) is 18.7 Å². The molecule has 0 bridgehead atoms. The minimum atomic E-state index is -1.26. The summed E-state index contributed by atoms with van der Waals surface area (Å²) in [4.78, 5) is 34.2. The highest BCUT2D eigenvalue weighted by Gasteiger charge is 2.12. The number of rotatable bonds is 11. The van der Waals surface area contributed by atoms with Gasteiger partial charge in [0, 0.05) is 24.3 Å². The highest BCUT2D eigenvalue weighted by molar-refractivity contribution is 6.08. The molecule has 188 valence electrons. The molecule has 0 aliphatic rings. The molecule has 0 saturated heterocycles. The second-order valence-electron chi connectivity index (χ2n) is 7.87. The molecule has 2 aromatic carbocycles. The molecule has 2 aromatic rings. The van der Waals surface area contributed by atoms with Crippen molar-refractivity contribution < 1.29 is 29.3 Å². The fourth-order valence-electron chi connectivity index (χ4n) is 3.39. The first-order chi connectivity index (χ1) is 16.6. The molecule has 0 aliphatic carbocycles. The van der Waals surface area contributed by atoms with Crippen LogP contribution in [0.15, 0.2) is 54.6 Å². The first-order valence-corrected chi connectivity index (χ1v) is 11.5. The van der Waals surface area contributed by atoms with Crippen molar-refractivity contribution in [1.29, 1.82) is 0 Å². The van der Waals surface area contributed by atoms with Gasteiger partial charge in [-0.15, -0.1) is 0 Å². The van der Waals surface area contributed by atoms with E-state index in [0.29, 0.717) is 18.8 Å². The van der Waals surface area contributed by atoms with E-state index in [1.807, 2.05) is 63.2 Å². The van der Waals surface area contributed by atoms with Crippen LogP contribution in [-0.4, -0.2) is 59.1 Å². The van der Waals surface area contributed by atoms with Crippen LogP contribution in [0.1, 0.15) is 46.5 Å². The number of carboxylic acids is 2. The largest absolute Gasteiger partial charge is 0.492 e. The standard InChI is InChI=1S/C24H31NO2.C4H4O4/c1-6-25(7-2)14-15-27-22-16-19(4)24(20(5)17-22)23(26)13-12-21-11-9-8-10-18(21)3;5-3(6)1-2-4(7)8/h8-13,16-17H,6-7,14-15H2,1-5H3;1-2H,(H,5,6)(H,7,8)/b;2-1+. The number of likely N-dealkylation sites (N-methyl/N-ethyl adjacent to an activating group) is 1. The van der Waals surface area contributed by atoms with Gasteiger partial charge in [-0.05, 0) is 74.3 Å². The Morgan fingerprint density at radius 1 is 0.857 bits per heavy atom. The van der Waals surface area contributed by atoms with Crippen molar-refractivity contribution in [2.75, 3.05) is 26.2 Å². The van der Waals surface area contributed by atoms with Gasteiger partial charge in [0.05, 0.1) is 0 Å². The minimum absolute atomic E-state index is 0.0305. The molecule has 0 spiro atoms. The highest BCUT2D eigenvalue weighted by Crippen LogP contribution is 2.23. The topological polar surface area (TPSA) is 104 Å². The molecule has 0 aliphatic heterocycles. The van der Waals surface area contributed by atoms with Crippen molar-refractivity contribution in [3.63, 3.8) is 0 Å². The molecule has 0 saturated carbocycles. The van der Waals surface area contributed by atoms with Crippen LogP contribution in [0, 0.1) is 20.8 Å². The normalized spacial score (nSPS) is 10.9. The molecule has 35 heavy (non-hydrogen) atoms. The van der Waals surface area contributed by atoms with Crippen molar-refractivity contribution in [3.05, 3.63) is 82.4 Å². The smallest absolute Gasteiger partial charge is 0.328 e. The monoisotopic (exact) mass is 481 g/mol. The fourth-order valence-corrected chi connectivity index (χ4v) is 3.39. The van der Waals surface area contributed by atoms with Gasteiger partial charge in [-0.3, -0.25) is 4.79 Å². The average Bonchev–Trinajstić information content (AvgIpc) is 2.80. The first kappa shape index (κ1) is 29.3. The maximum absolute atomic E-state index is 12.7. The number of aliphatic carboxylic acids is 2. The summed E-state index contributed by atoms with van der Waals surface area (Å²) in [6.07, 6.45) is 4.67. The van der Waals surface area contributed by atoms with Crippen molar-refractivity contribution in [2.24, 2.45) is 0 Å². The fraction of sp³-hybridized carbons (Fsp3) is 0.321. The first-order valence-electron chi connectivity index (χ1n) is 11.5. The van der Waals surface area contributed by atoms with E-state index in [1.165, 1.54) is 0 Å². The number of carbonyl (C=O) groups is 3. The molecule has 0 fully saturated rings. The number of aryl methyl sites for hydroxylation is 3. The van der Waals surface area contributed by atoms with Gasteiger partial charge in [0.25, 0.3) is 0 Å². The van der Waals surface area contributed by atoms with Crippen LogP contribution in [0.5, 0.6) is 5.75 Å². The van der Waals surface area contributed by atoms with E-state index in [0.717, 1.165) is 53.2 Å². The van der Waals surface area contributed by atoms with Crippen LogP contribution in [0.25, 0.3) is 6.08 Å². The Kier molecular flexibility index (Phi) is 12.8. The predicted octanol–water partition coefficient (Wildman–Crippen LogP) is 4.94. The molecule has 7 nitrogen and oxygen atoms in total. The molecule has 0 aromatic heterocycles. The number of carboxylic acid groups (broad SMARTS) is 2. The van der Waals surface area contributed by atoms with E-state index >= 15 is 0 Å². The number of carbonyl (C=O) groups excluding carboxylic acids is 1. The number of allylic oxidation sites excluding steroid dienone is 1. The molecule has 2 rings (SSSR count). The third-order valence-electron chi connectivity index (χ3n) is 5.29. The van der Waals surface area contributed by atoms with Crippen LogP contribution in [-0.2, 0) is 9.59 Å². The predicted molar refractivity (Wildman–Crippen MR) is 138 cm³/mol. The highest BCUT2D eigenvalue weighted by atomic mass is 16.5. The Hall–Kier alpha value is -3.71. The second-order valence-corrected chi connectivity index (χ2v) is 7.87. The maximum atomic E-state index is 12.7. The van der Waals surface area contributed by atoms with Crippen molar-refractivity contribution in [2.45, 2.75) is 34.6 Å². The minimum Gasteiger partial charge on any atom is -0.492 e. The molecule has 0 radical (unpaired) electrons. The second kappa shape index (κ2) is 15.2. The molecule has 2 N–H and O–H groups in total. The summed E-state index contributed by atoms with van der Waals surface area (Å²) in [6.45, 7) is 13.9. The summed E-state index contributed by atoms with van der Waals surface area (Å²) in [7, 11) is 0. The van der Waals surface area contributed by atoms with Crippen molar-refractivity contribution in [3.8, 4) is 5.75 Å². The molecular formula is C28H35NO6. The van der Waals surface area contributed by atoms with Crippen LogP contribution >= 0.6 is 0 Å². The van der Waals surface area contributed by atoms with E-state index in [9.17, 15) is 14.4 Å². The lowest BCUT2D eigenvalue weighted by atomic mass is 9.97. The number of benzene rings is 2. The summed E-state index contributed by atoms with van der Waals surface area (Å²) >= 11 is 0. The third-order valence-corrected chi connectivity index (χ3v) is 5.29. The van der Waals surface area contributed by atoms with Crippen LogP contribution in [0.4, 0.5) is 0 Å². The molecule has 7 heteroatoms. The lowest BCUT2D eigenvalue weighted by Gasteiger charge is -2.18. The Labute approximate surface area is 207 Å². The zero-order chi connectivity index (χ0) is 26.4. The van der Waals surface area contributed by atoms with Crippen LogP contribution in [0.2, 0.25) is 0 Å². The van der Waals surface area contributed by atoms with E-state index in [-0.39, 0.29) is 5.78 Å². The lowest BCUT2D eigenvalue weighted by molar-refractivity contribution is -0.134. The SMILES string of the molecule is CCN(CC)CCOc1cc(C)c(C(=O)C=Cc2ccccc2C)c(C)c1.O=C(O)/C=C/C(=O)O. The summed E-state index contributed by atoms with van der Waals surface area (Å²) in [5, 5.41) is 15.6. The van der Waals surface area contributed by atoms with Gasteiger partial charge in [-0.1, -0.05) is 44.2 Å². The van der Waals surface area contributed by atoms with Crippen LogP contribution in [0.3, 0.4) is 0 Å². The van der Waals surface area contributed by atoms with Crippen LogP contribution < -0.4 is 4.74 Å². The number of ether oxygens (including phenoxy) is 1. The van der Waals surface area contributed by atoms with Gasteiger partial charge in [0.15, 0.2) is 5.78 Å². The summed E-state index contributed by atoms with van der Waals surface area (Å²) in [5.74, 6) is -1.65. The molecular weight excluding hydrogens is 446 g/mol. The van der Waals surface area contributed by atoms with Gasteiger partial charge >= 0.3 is 11.9 Å². The van der Waals surface area contributed by atoms with Gasteiger partial charge in [-0.2, -0.15) is 0 Å². The number of hydrogen-bond acceptors (Lipinski definition) is 5. The summed E-state index contributed by atoms with van der Waals surface area (Å²) < 4.78 is 5.91. The van der Waals surface area contributed by atoms with Crippen molar-refractivity contribution in [1.82, 2.24) is 4.90 Å². The molecule has 0 atom stereocenters. The third kappa shape index (κ3) is 10.8. The Morgan fingerprint density at radius 2 is 1.40 bits per heavy atom. The quantitative estimate of drug-likeness (QED) is 0.346. The van der Waals surface area contributed by atoms with Crippen molar-refractivity contribution >= 4 is 23.8 Å². The van der Waals surface area contributed by atoms with E-state index < -0.39 is 11.9 Å². The summed E-state index contributed by atoms with van der Waals surface area (Å²) in [5.41, 5.74) is 4.89. The van der Waals surface area contributed by atoms with Gasteiger partial charge in [-0.25, -0.2) is 9.59 Å². The lowest BCUT2D eigenvalue weighted by Crippen LogP contribution is -2.27. The zero-order valence-electron chi connectivity index (χ0n) is 21.1. The number of hydrogen-bond donors (Lipinski definition) is 2. The zero-order valence-corrected chi connectivity index (χ0v) is 21.1. The van der Waals surface area contributed by atoms with Gasteiger partial charge in [0.1, 0.15) is 12.4 Å².